The Bertz CT molecular complexity index is 504. The fraction of sp³-hybridized carbons (Fsp3) is 0.462. The number of hydrogen-bond acceptors (Lipinski definition) is 4. The summed E-state index contributed by atoms with van der Waals surface area (Å²) in [5.41, 5.74) is -0.431. The first-order valence-electron chi connectivity index (χ1n) is 6.06. The molecule has 0 saturated carbocycles. The van der Waals surface area contributed by atoms with Crippen molar-refractivity contribution in [3.63, 3.8) is 0 Å². The van der Waals surface area contributed by atoms with Crippen LogP contribution in [0.1, 0.15) is 17.5 Å². The first-order valence-corrected chi connectivity index (χ1v) is 6.06. The van der Waals surface area contributed by atoms with E-state index in [0.29, 0.717) is 5.56 Å². The first-order chi connectivity index (χ1) is 9.27. The van der Waals surface area contributed by atoms with Gasteiger partial charge in [-0.15, -0.1) is 0 Å². The second-order valence-corrected chi connectivity index (χ2v) is 4.85. The molecule has 0 bridgehead atoms. The number of hydrogen-bond donors (Lipinski definition) is 1. The molecule has 4 nitrogen and oxygen atoms in total. The number of carboxylic acids is 1. The lowest BCUT2D eigenvalue weighted by Gasteiger charge is -2.25. The summed E-state index contributed by atoms with van der Waals surface area (Å²) in [5.74, 6) is -1.33. The fourth-order valence-electron chi connectivity index (χ4n) is 2.38. The normalized spacial score (nSPS) is 24.0. The summed E-state index contributed by atoms with van der Waals surface area (Å²) in [5, 5.41) is 20.4. The quantitative estimate of drug-likeness (QED) is 0.874. The van der Waals surface area contributed by atoms with Gasteiger partial charge in [-0.25, -0.2) is 0 Å². The van der Waals surface area contributed by atoms with E-state index in [1.807, 2.05) is 0 Å². The summed E-state index contributed by atoms with van der Waals surface area (Å²) >= 11 is 0. The van der Waals surface area contributed by atoms with Crippen LogP contribution < -0.4 is 5.11 Å². The van der Waals surface area contributed by atoms with E-state index in [1.165, 1.54) is 17.0 Å². The Labute approximate surface area is 113 Å². The topological polar surface area (TPSA) is 63.6 Å². The Morgan fingerprint density at radius 1 is 1.45 bits per heavy atom. The van der Waals surface area contributed by atoms with Gasteiger partial charge in [0.1, 0.15) is 0 Å². The number of rotatable bonds is 3. The predicted molar refractivity (Wildman–Crippen MR) is 61.3 cm³/mol. The van der Waals surface area contributed by atoms with Crippen molar-refractivity contribution in [3.05, 3.63) is 35.4 Å². The van der Waals surface area contributed by atoms with Gasteiger partial charge in [0.25, 0.3) is 0 Å². The van der Waals surface area contributed by atoms with E-state index in [-0.39, 0.29) is 19.5 Å². The molecule has 0 spiro atoms. The molecule has 1 saturated heterocycles. The van der Waals surface area contributed by atoms with E-state index in [9.17, 15) is 28.2 Å². The number of nitrogens with zero attached hydrogens (tertiary/aromatic N) is 1. The van der Waals surface area contributed by atoms with Crippen LogP contribution in [0.25, 0.3) is 0 Å². The maximum atomic E-state index is 12.6. The molecule has 0 aromatic heterocycles. The molecule has 1 heterocycles. The number of alkyl halides is 3. The van der Waals surface area contributed by atoms with Gasteiger partial charge in [0.2, 0.25) is 0 Å². The van der Waals surface area contributed by atoms with Gasteiger partial charge in [0.05, 0.1) is 23.7 Å². The zero-order chi connectivity index (χ0) is 14.9. The van der Waals surface area contributed by atoms with Gasteiger partial charge in [-0.3, -0.25) is 4.90 Å². The number of halogens is 3. The highest BCUT2D eigenvalue weighted by atomic mass is 19.4. The second kappa shape index (κ2) is 5.41. The number of β-amino-alcohol motifs (C(OH)–C–C–N with tert-alkyl or cyclic N) is 1. The lowest BCUT2D eigenvalue weighted by Crippen LogP contribution is -2.44. The van der Waals surface area contributed by atoms with E-state index in [1.54, 1.807) is 0 Å². The molecular formula is C13H13F3NO3-. The summed E-state index contributed by atoms with van der Waals surface area (Å²) in [4.78, 5) is 12.3. The van der Waals surface area contributed by atoms with Crippen molar-refractivity contribution >= 4 is 5.97 Å². The van der Waals surface area contributed by atoms with Gasteiger partial charge in [-0.1, -0.05) is 18.2 Å². The van der Waals surface area contributed by atoms with Crippen LogP contribution >= 0.6 is 0 Å². The molecular weight excluding hydrogens is 275 g/mol. The highest BCUT2D eigenvalue weighted by Gasteiger charge is 2.33. The van der Waals surface area contributed by atoms with Crippen LogP contribution in [0.4, 0.5) is 13.2 Å². The zero-order valence-electron chi connectivity index (χ0n) is 10.4. The highest BCUT2D eigenvalue weighted by molar-refractivity contribution is 5.71. The molecule has 7 heteroatoms. The van der Waals surface area contributed by atoms with Gasteiger partial charge in [0.15, 0.2) is 0 Å². The molecule has 20 heavy (non-hydrogen) atoms. The molecule has 1 aromatic rings. The Morgan fingerprint density at radius 2 is 2.15 bits per heavy atom. The van der Waals surface area contributed by atoms with Crippen molar-refractivity contribution in [3.8, 4) is 0 Å². The monoisotopic (exact) mass is 288 g/mol. The summed E-state index contributed by atoms with van der Waals surface area (Å²) in [6, 6.07) is 3.74. The number of likely N-dealkylation sites (tertiary alicyclic amines) is 1. The van der Waals surface area contributed by atoms with Crippen LogP contribution in [0, 0.1) is 0 Å². The molecule has 0 amide bonds. The minimum atomic E-state index is -4.44. The second-order valence-electron chi connectivity index (χ2n) is 4.85. The van der Waals surface area contributed by atoms with Crippen LogP contribution in [0.2, 0.25) is 0 Å². The van der Waals surface area contributed by atoms with Crippen molar-refractivity contribution in [2.45, 2.75) is 31.3 Å². The Kier molecular flexibility index (Phi) is 4.01. The number of carboxylic acid groups (broad SMARTS) is 1. The van der Waals surface area contributed by atoms with Crippen molar-refractivity contribution in [2.75, 3.05) is 6.54 Å². The summed E-state index contributed by atoms with van der Waals surface area (Å²) in [7, 11) is 0. The van der Waals surface area contributed by atoms with Gasteiger partial charge in [0, 0.05) is 13.1 Å². The third-order valence-electron chi connectivity index (χ3n) is 3.29. The van der Waals surface area contributed by atoms with Crippen molar-refractivity contribution in [2.24, 2.45) is 0 Å². The summed E-state index contributed by atoms with van der Waals surface area (Å²) in [6.45, 7) is 0.133. The summed E-state index contributed by atoms with van der Waals surface area (Å²) < 4.78 is 37.8. The minimum absolute atomic E-state index is 0.0274. The van der Waals surface area contributed by atoms with Crippen LogP contribution in [0.5, 0.6) is 0 Å². The molecule has 1 aliphatic heterocycles. The number of aliphatic carboxylic acids is 1. The Hall–Kier alpha value is -1.60. The lowest BCUT2D eigenvalue weighted by molar-refractivity contribution is -0.311. The highest BCUT2D eigenvalue weighted by Crippen LogP contribution is 2.30. The van der Waals surface area contributed by atoms with Crippen LogP contribution in [0.15, 0.2) is 24.3 Å². The smallest absolute Gasteiger partial charge is 0.416 e. The minimum Gasteiger partial charge on any atom is -0.548 e. The number of aliphatic hydroxyl groups excluding tert-OH is 1. The predicted octanol–water partition coefficient (Wildman–Crippen LogP) is 0.391. The number of carbonyl (C=O) groups is 1. The molecule has 0 radical (unpaired) electrons. The average molecular weight is 288 g/mol. The SMILES string of the molecule is O=C([O-])C1CC(O)CN1Cc1cccc(C(F)(F)F)c1. The zero-order valence-corrected chi connectivity index (χ0v) is 10.4. The molecule has 1 aliphatic rings. The Balaban J connectivity index is 2.15. The lowest BCUT2D eigenvalue weighted by atomic mass is 10.1. The van der Waals surface area contributed by atoms with E-state index in [4.69, 9.17) is 0 Å². The number of carbonyl (C=O) groups excluding carboxylic acids is 1. The van der Waals surface area contributed by atoms with Crippen molar-refractivity contribution in [1.29, 1.82) is 0 Å². The molecule has 2 atom stereocenters. The van der Waals surface area contributed by atoms with E-state index in [2.05, 4.69) is 0 Å². The average Bonchev–Trinajstić information content (AvgIpc) is 2.69. The molecule has 2 rings (SSSR count). The maximum absolute atomic E-state index is 12.6. The van der Waals surface area contributed by atoms with Gasteiger partial charge in [-0.2, -0.15) is 13.2 Å². The first kappa shape index (κ1) is 14.8. The maximum Gasteiger partial charge on any atom is 0.416 e. The number of benzene rings is 1. The molecule has 110 valence electrons. The van der Waals surface area contributed by atoms with Crippen LogP contribution in [0.3, 0.4) is 0 Å². The third kappa shape index (κ3) is 3.29. The number of aliphatic hydroxyl groups is 1. The molecule has 2 unspecified atom stereocenters. The van der Waals surface area contributed by atoms with Gasteiger partial charge < -0.3 is 15.0 Å². The molecule has 0 aliphatic carbocycles. The fourth-order valence-corrected chi connectivity index (χ4v) is 2.38. The summed E-state index contributed by atoms with van der Waals surface area (Å²) in [6.07, 6.45) is -5.21. The standard InChI is InChI=1S/C13H14F3NO3/c14-13(15,16)9-3-1-2-8(4-9)6-17-7-10(18)5-11(17)12(19)20/h1-4,10-11,18H,5-7H2,(H,19,20)/p-1. The molecule has 1 fully saturated rings. The van der Waals surface area contributed by atoms with E-state index < -0.39 is 29.9 Å². The Morgan fingerprint density at radius 3 is 2.75 bits per heavy atom. The van der Waals surface area contributed by atoms with Gasteiger partial charge >= 0.3 is 6.18 Å². The molecule has 1 N–H and O–H groups in total. The van der Waals surface area contributed by atoms with E-state index in [0.717, 1.165) is 12.1 Å². The third-order valence-corrected chi connectivity index (χ3v) is 3.29. The van der Waals surface area contributed by atoms with Crippen molar-refractivity contribution < 1.29 is 28.2 Å². The largest absolute Gasteiger partial charge is 0.548 e. The van der Waals surface area contributed by atoms with Crippen LogP contribution in [-0.2, 0) is 17.5 Å². The molecule has 1 aromatic carbocycles. The van der Waals surface area contributed by atoms with Crippen LogP contribution in [-0.4, -0.2) is 34.7 Å². The van der Waals surface area contributed by atoms with Gasteiger partial charge in [-0.05, 0) is 18.1 Å². The van der Waals surface area contributed by atoms with E-state index >= 15 is 0 Å². The van der Waals surface area contributed by atoms with Crippen molar-refractivity contribution in [1.82, 2.24) is 4.90 Å².